The minimum absolute atomic E-state index is 0.0297. The van der Waals surface area contributed by atoms with Gasteiger partial charge in [0, 0.05) is 25.2 Å². The Hall–Kier alpha value is -2.10. The highest BCUT2D eigenvalue weighted by atomic mass is 16.2. The molecular weight excluding hydrogens is 274 g/mol. The second-order valence-corrected chi connectivity index (χ2v) is 6.49. The molecule has 1 amide bonds. The van der Waals surface area contributed by atoms with E-state index in [1.54, 1.807) is 0 Å². The molecule has 0 spiro atoms. The summed E-state index contributed by atoms with van der Waals surface area (Å²) in [4.78, 5) is 17.2. The number of hydrogen-bond donors (Lipinski definition) is 1. The van der Waals surface area contributed by atoms with Gasteiger partial charge in [-0.25, -0.2) is 4.98 Å². The Bertz CT molecular complexity index is 719. The maximum absolute atomic E-state index is 12.7. The first-order valence-electron chi connectivity index (χ1n) is 8.11. The first-order chi connectivity index (χ1) is 10.7. The van der Waals surface area contributed by atoms with Crippen LogP contribution in [0.15, 0.2) is 30.5 Å². The Morgan fingerprint density at radius 3 is 3.05 bits per heavy atom. The van der Waals surface area contributed by atoms with Gasteiger partial charge in [-0.1, -0.05) is 24.3 Å². The summed E-state index contributed by atoms with van der Waals surface area (Å²) in [7, 11) is 0. The fraction of sp³-hybridized carbons (Fsp3) is 0.444. The predicted molar refractivity (Wildman–Crippen MR) is 84.7 cm³/mol. The molecule has 2 atom stereocenters. The molecular formula is C18H21N3O. The second-order valence-electron chi connectivity index (χ2n) is 6.49. The molecule has 4 rings (SSSR count). The van der Waals surface area contributed by atoms with E-state index in [-0.39, 0.29) is 17.9 Å². The number of amides is 1. The molecule has 1 aliphatic carbocycles. The first-order valence-corrected chi connectivity index (χ1v) is 8.11. The van der Waals surface area contributed by atoms with Gasteiger partial charge in [-0.2, -0.15) is 0 Å². The number of rotatable bonds is 2. The summed E-state index contributed by atoms with van der Waals surface area (Å²) in [6, 6.07) is 8.56. The van der Waals surface area contributed by atoms with Gasteiger partial charge < -0.3 is 9.88 Å². The normalized spacial score (nSPS) is 23.0. The Kier molecular flexibility index (Phi) is 3.25. The van der Waals surface area contributed by atoms with E-state index in [9.17, 15) is 4.79 Å². The van der Waals surface area contributed by atoms with E-state index in [0.717, 1.165) is 43.7 Å². The summed E-state index contributed by atoms with van der Waals surface area (Å²) in [5.41, 5.74) is 3.61. The molecule has 1 aliphatic heterocycles. The molecule has 0 saturated heterocycles. The zero-order valence-corrected chi connectivity index (χ0v) is 12.9. The highest BCUT2D eigenvalue weighted by Crippen LogP contribution is 2.33. The molecule has 0 radical (unpaired) electrons. The Morgan fingerprint density at radius 2 is 2.14 bits per heavy atom. The molecule has 1 aromatic carbocycles. The molecule has 114 valence electrons. The first kappa shape index (κ1) is 13.6. The summed E-state index contributed by atoms with van der Waals surface area (Å²) in [6.07, 6.45) is 5.96. The number of carbonyl (C=O) groups is 1. The average molecular weight is 295 g/mol. The lowest BCUT2D eigenvalue weighted by Crippen LogP contribution is -2.42. The van der Waals surface area contributed by atoms with Crippen molar-refractivity contribution in [2.75, 3.05) is 0 Å². The maximum atomic E-state index is 12.7. The van der Waals surface area contributed by atoms with Crippen molar-refractivity contribution >= 4 is 5.91 Å². The van der Waals surface area contributed by atoms with Crippen molar-refractivity contribution in [3.8, 4) is 0 Å². The van der Waals surface area contributed by atoms with Crippen LogP contribution in [0.1, 0.15) is 41.4 Å². The van der Waals surface area contributed by atoms with Crippen molar-refractivity contribution in [2.45, 2.75) is 51.1 Å². The minimum Gasteiger partial charge on any atom is -0.351 e. The number of nitrogens with zero attached hydrogens (tertiary/aromatic N) is 2. The van der Waals surface area contributed by atoms with Crippen LogP contribution in [0.2, 0.25) is 0 Å². The maximum Gasteiger partial charge on any atom is 0.227 e. The van der Waals surface area contributed by atoms with Crippen molar-refractivity contribution in [3.05, 3.63) is 53.1 Å². The fourth-order valence-corrected chi connectivity index (χ4v) is 3.84. The highest BCUT2D eigenvalue weighted by Gasteiger charge is 2.30. The van der Waals surface area contributed by atoms with Crippen molar-refractivity contribution < 1.29 is 4.79 Å². The largest absolute Gasteiger partial charge is 0.351 e. The van der Waals surface area contributed by atoms with Crippen LogP contribution in [0.4, 0.5) is 0 Å². The number of carbonyl (C=O) groups excluding carboxylic acids is 1. The number of fused-ring (bicyclic) bond motifs is 2. The smallest absolute Gasteiger partial charge is 0.227 e. The number of aromatic nitrogens is 2. The predicted octanol–water partition coefficient (Wildman–Crippen LogP) is 2.35. The van der Waals surface area contributed by atoms with E-state index < -0.39 is 0 Å². The summed E-state index contributed by atoms with van der Waals surface area (Å²) in [6.45, 7) is 2.87. The number of aryl methyl sites for hydroxylation is 3. The van der Waals surface area contributed by atoms with E-state index in [2.05, 4.69) is 39.3 Å². The van der Waals surface area contributed by atoms with Gasteiger partial charge in [0.05, 0.1) is 11.6 Å². The molecule has 4 nitrogen and oxygen atoms in total. The Labute approximate surface area is 130 Å². The average Bonchev–Trinajstić information content (AvgIpc) is 3.09. The third kappa shape index (κ3) is 2.32. The minimum atomic E-state index is 0.0297. The molecule has 4 heteroatoms. The topological polar surface area (TPSA) is 46.9 Å². The molecule has 2 heterocycles. The van der Waals surface area contributed by atoms with Crippen LogP contribution >= 0.6 is 0 Å². The van der Waals surface area contributed by atoms with Gasteiger partial charge in [0.15, 0.2) is 0 Å². The molecule has 22 heavy (non-hydrogen) atoms. The lowest BCUT2D eigenvalue weighted by molar-refractivity contribution is -0.123. The van der Waals surface area contributed by atoms with Crippen molar-refractivity contribution in [1.82, 2.24) is 14.9 Å². The fourth-order valence-electron chi connectivity index (χ4n) is 3.84. The van der Waals surface area contributed by atoms with E-state index in [4.69, 9.17) is 0 Å². The summed E-state index contributed by atoms with van der Waals surface area (Å²) < 4.78 is 2.19. The molecule has 0 bridgehead atoms. The van der Waals surface area contributed by atoms with E-state index >= 15 is 0 Å². The molecule has 2 aliphatic rings. The molecule has 0 saturated carbocycles. The number of imidazole rings is 1. The van der Waals surface area contributed by atoms with Gasteiger partial charge in [0.1, 0.15) is 5.82 Å². The third-order valence-electron chi connectivity index (χ3n) is 4.91. The van der Waals surface area contributed by atoms with Gasteiger partial charge in [-0.3, -0.25) is 4.79 Å². The number of nitrogens with one attached hydrogen (secondary N) is 1. The lowest BCUT2D eigenvalue weighted by atomic mass is 9.99. The Balaban J connectivity index is 1.45. The van der Waals surface area contributed by atoms with Crippen LogP contribution in [0, 0.1) is 6.92 Å². The highest BCUT2D eigenvalue weighted by molar-refractivity contribution is 5.85. The zero-order chi connectivity index (χ0) is 15.1. The monoisotopic (exact) mass is 295 g/mol. The molecule has 1 N–H and O–H groups in total. The van der Waals surface area contributed by atoms with Gasteiger partial charge in [0.25, 0.3) is 0 Å². The zero-order valence-electron chi connectivity index (χ0n) is 12.9. The summed E-state index contributed by atoms with van der Waals surface area (Å²) in [5, 5.41) is 3.26. The van der Waals surface area contributed by atoms with Gasteiger partial charge >= 0.3 is 0 Å². The molecule has 1 aromatic heterocycles. The van der Waals surface area contributed by atoms with Crippen molar-refractivity contribution in [2.24, 2.45) is 0 Å². The number of benzene rings is 1. The quantitative estimate of drug-likeness (QED) is 0.924. The van der Waals surface area contributed by atoms with Gasteiger partial charge in [-0.05, 0) is 37.3 Å². The van der Waals surface area contributed by atoms with Crippen molar-refractivity contribution in [3.63, 3.8) is 0 Å². The molecule has 0 fully saturated rings. The van der Waals surface area contributed by atoms with E-state index in [0.29, 0.717) is 0 Å². The van der Waals surface area contributed by atoms with Crippen LogP contribution < -0.4 is 5.32 Å². The third-order valence-corrected chi connectivity index (χ3v) is 4.91. The van der Waals surface area contributed by atoms with Gasteiger partial charge in [-0.15, -0.1) is 0 Å². The van der Waals surface area contributed by atoms with Crippen LogP contribution in [0.5, 0.6) is 0 Å². The van der Waals surface area contributed by atoms with Crippen LogP contribution in [-0.4, -0.2) is 21.5 Å². The standard InChI is InChI=1S/C18H21N3O/c1-12-10-21-11-14(7-9-17(21)19-12)20-18(22)16-8-6-13-4-2-3-5-15(13)16/h2-5,10,14,16H,6-9,11H2,1H3,(H,20,22)/t14-,16-/m1/s1. The van der Waals surface area contributed by atoms with Crippen molar-refractivity contribution in [1.29, 1.82) is 0 Å². The summed E-state index contributed by atoms with van der Waals surface area (Å²) >= 11 is 0. The molecule has 2 aromatic rings. The number of hydrogen-bond acceptors (Lipinski definition) is 2. The SMILES string of the molecule is Cc1cn2c(n1)CC[C@@H](NC(=O)[C@@H]1CCc3ccccc31)C2. The van der Waals surface area contributed by atoms with E-state index in [1.807, 2.05) is 13.0 Å². The second kappa shape index (κ2) is 5.27. The lowest BCUT2D eigenvalue weighted by Gasteiger charge is -2.26. The summed E-state index contributed by atoms with van der Waals surface area (Å²) in [5.74, 6) is 1.37. The van der Waals surface area contributed by atoms with Gasteiger partial charge in [0.2, 0.25) is 5.91 Å². The molecule has 0 unspecified atom stereocenters. The Morgan fingerprint density at radius 1 is 1.27 bits per heavy atom. The van der Waals surface area contributed by atoms with Crippen LogP contribution in [0.3, 0.4) is 0 Å². The van der Waals surface area contributed by atoms with Crippen LogP contribution in [-0.2, 0) is 24.2 Å². The van der Waals surface area contributed by atoms with E-state index in [1.165, 1.54) is 11.1 Å². The van der Waals surface area contributed by atoms with Crippen LogP contribution in [0.25, 0.3) is 0 Å².